The van der Waals surface area contributed by atoms with Crippen LogP contribution in [0.3, 0.4) is 0 Å². The van der Waals surface area contributed by atoms with Crippen LogP contribution in [-0.2, 0) is 14.8 Å². The van der Waals surface area contributed by atoms with E-state index in [0.29, 0.717) is 41.2 Å². The molecule has 1 aliphatic heterocycles. The topological polar surface area (TPSA) is 121 Å². The number of rotatable bonds is 7. The Labute approximate surface area is 214 Å². The van der Waals surface area contributed by atoms with Gasteiger partial charge in [-0.05, 0) is 62.1 Å². The van der Waals surface area contributed by atoms with Crippen molar-refractivity contribution < 1.29 is 13.2 Å². The van der Waals surface area contributed by atoms with Gasteiger partial charge in [-0.2, -0.15) is 4.31 Å². The Hall–Kier alpha value is -3.02. The molecule has 188 valence electrons. The number of carbonyl (C=O) groups is 1. The number of anilines is 1. The van der Waals surface area contributed by atoms with Crippen molar-refractivity contribution in [1.82, 2.24) is 24.5 Å². The van der Waals surface area contributed by atoms with Crippen LogP contribution in [0, 0.1) is 6.92 Å². The molecule has 1 amide bonds. The summed E-state index contributed by atoms with van der Waals surface area (Å²) in [6.45, 7) is 5.01. The molecule has 1 saturated heterocycles. The number of benzene rings is 2. The summed E-state index contributed by atoms with van der Waals surface area (Å²) in [6.07, 6.45) is 3.41. The van der Waals surface area contributed by atoms with Gasteiger partial charge < -0.3 is 10.3 Å². The van der Waals surface area contributed by atoms with Gasteiger partial charge in [-0.3, -0.25) is 4.79 Å². The van der Waals surface area contributed by atoms with Crippen molar-refractivity contribution in [2.24, 2.45) is 0 Å². The van der Waals surface area contributed by atoms with Gasteiger partial charge in [0.2, 0.25) is 21.1 Å². The number of piperidine rings is 1. The standard InChI is InChI=1S/C25H28N6O3S2/c1-3-21(24(32)26-17-9-7-8-16(2)14-17)35-25-28-23-22(29-30-25)19-15-18(10-11-20(19)27-23)36(33,34)31-12-5-4-6-13-31/h7-11,14-15,21H,3-6,12-13H2,1-2H3,(H,26,32)(H,27,28,30). The van der Waals surface area contributed by atoms with E-state index in [-0.39, 0.29) is 10.8 Å². The summed E-state index contributed by atoms with van der Waals surface area (Å²) in [6, 6.07) is 12.7. The van der Waals surface area contributed by atoms with Crippen molar-refractivity contribution in [1.29, 1.82) is 0 Å². The lowest BCUT2D eigenvalue weighted by molar-refractivity contribution is -0.115. The first-order chi connectivity index (χ1) is 17.3. The molecule has 36 heavy (non-hydrogen) atoms. The van der Waals surface area contributed by atoms with E-state index in [1.54, 1.807) is 22.5 Å². The number of nitrogens with zero attached hydrogens (tertiary/aromatic N) is 4. The largest absolute Gasteiger partial charge is 0.338 e. The first-order valence-corrected chi connectivity index (χ1v) is 14.4. The van der Waals surface area contributed by atoms with Crippen molar-refractivity contribution in [3.8, 4) is 0 Å². The summed E-state index contributed by atoms with van der Waals surface area (Å²) < 4.78 is 27.8. The molecule has 3 heterocycles. The summed E-state index contributed by atoms with van der Waals surface area (Å²) in [7, 11) is -3.56. The van der Waals surface area contributed by atoms with Crippen molar-refractivity contribution >= 4 is 55.4 Å². The first kappa shape index (κ1) is 24.7. The van der Waals surface area contributed by atoms with E-state index in [0.717, 1.165) is 36.0 Å². The fraction of sp³-hybridized carbons (Fsp3) is 0.360. The zero-order chi connectivity index (χ0) is 25.3. The maximum Gasteiger partial charge on any atom is 0.243 e. The first-order valence-electron chi connectivity index (χ1n) is 12.1. The summed E-state index contributed by atoms with van der Waals surface area (Å²) in [5.74, 6) is -0.124. The maximum atomic E-state index is 13.1. The van der Waals surface area contributed by atoms with Crippen LogP contribution in [-0.4, -0.2) is 57.1 Å². The molecule has 4 aromatic rings. The quantitative estimate of drug-likeness (QED) is 0.342. The van der Waals surface area contributed by atoms with Gasteiger partial charge in [0.15, 0.2) is 5.65 Å². The van der Waals surface area contributed by atoms with Crippen LogP contribution in [0.4, 0.5) is 5.69 Å². The molecular formula is C25H28N6O3S2. The second-order valence-corrected chi connectivity index (χ2v) is 12.1. The molecule has 11 heteroatoms. The average molecular weight is 525 g/mol. The highest BCUT2D eigenvalue weighted by Crippen LogP contribution is 2.30. The molecule has 5 rings (SSSR count). The van der Waals surface area contributed by atoms with Gasteiger partial charge in [0, 0.05) is 29.7 Å². The minimum atomic E-state index is -3.56. The molecule has 2 aromatic heterocycles. The lowest BCUT2D eigenvalue weighted by Gasteiger charge is -2.25. The highest BCUT2D eigenvalue weighted by molar-refractivity contribution is 8.00. The van der Waals surface area contributed by atoms with E-state index >= 15 is 0 Å². The van der Waals surface area contributed by atoms with Gasteiger partial charge in [-0.25, -0.2) is 13.4 Å². The second kappa shape index (κ2) is 10.2. The number of carbonyl (C=O) groups excluding carboxylic acids is 1. The Balaban J connectivity index is 1.39. The number of hydrogen-bond acceptors (Lipinski definition) is 7. The SMILES string of the molecule is CCC(Sc1nnc2c(n1)[nH]c1ccc(S(=O)(=O)N3CCCCC3)cc12)C(=O)Nc1cccc(C)c1. The number of nitrogens with one attached hydrogen (secondary N) is 2. The van der Waals surface area contributed by atoms with Crippen molar-refractivity contribution in [3.05, 3.63) is 48.0 Å². The molecule has 9 nitrogen and oxygen atoms in total. The van der Waals surface area contributed by atoms with Crippen molar-refractivity contribution in [2.75, 3.05) is 18.4 Å². The molecule has 0 radical (unpaired) electrons. The monoisotopic (exact) mass is 524 g/mol. The number of hydrogen-bond donors (Lipinski definition) is 2. The fourth-order valence-electron chi connectivity index (χ4n) is 4.40. The van der Waals surface area contributed by atoms with E-state index < -0.39 is 15.3 Å². The molecule has 0 saturated carbocycles. The lowest BCUT2D eigenvalue weighted by atomic mass is 10.2. The normalized spacial score (nSPS) is 15.8. The number of aromatic amines is 1. The highest BCUT2D eigenvalue weighted by Gasteiger charge is 2.27. The zero-order valence-electron chi connectivity index (χ0n) is 20.2. The number of aryl methyl sites for hydroxylation is 1. The lowest BCUT2D eigenvalue weighted by Crippen LogP contribution is -2.35. The van der Waals surface area contributed by atoms with Gasteiger partial charge >= 0.3 is 0 Å². The van der Waals surface area contributed by atoms with Crippen molar-refractivity contribution in [3.63, 3.8) is 0 Å². The van der Waals surface area contributed by atoms with Crippen molar-refractivity contribution in [2.45, 2.75) is 54.8 Å². The van der Waals surface area contributed by atoms with Crippen LogP contribution < -0.4 is 5.32 Å². The van der Waals surface area contributed by atoms with E-state index in [2.05, 4.69) is 25.5 Å². The third-order valence-corrected chi connectivity index (χ3v) is 9.43. The summed E-state index contributed by atoms with van der Waals surface area (Å²) in [5, 5.41) is 12.2. The van der Waals surface area contributed by atoms with Crippen LogP contribution in [0.1, 0.15) is 38.2 Å². The van der Waals surface area contributed by atoms with Crippen LogP contribution in [0.5, 0.6) is 0 Å². The minimum Gasteiger partial charge on any atom is -0.338 e. The number of thioether (sulfide) groups is 1. The summed E-state index contributed by atoms with van der Waals surface area (Å²) in [4.78, 5) is 20.9. The number of aromatic nitrogens is 4. The van der Waals surface area contributed by atoms with Crippen LogP contribution >= 0.6 is 11.8 Å². The Kier molecular flexibility index (Phi) is 6.96. The molecule has 2 N–H and O–H groups in total. The maximum absolute atomic E-state index is 13.1. The molecule has 1 fully saturated rings. The third kappa shape index (κ3) is 4.95. The Morgan fingerprint density at radius 3 is 2.69 bits per heavy atom. The van der Waals surface area contributed by atoms with Crippen LogP contribution in [0.25, 0.3) is 22.1 Å². The second-order valence-electron chi connectivity index (χ2n) is 8.96. The fourth-order valence-corrected chi connectivity index (χ4v) is 6.76. The van der Waals surface area contributed by atoms with E-state index in [1.165, 1.54) is 11.8 Å². The highest BCUT2D eigenvalue weighted by atomic mass is 32.2. The smallest absolute Gasteiger partial charge is 0.243 e. The van der Waals surface area contributed by atoms with E-state index in [1.807, 2.05) is 38.1 Å². The zero-order valence-corrected chi connectivity index (χ0v) is 21.8. The third-order valence-electron chi connectivity index (χ3n) is 6.32. The number of fused-ring (bicyclic) bond motifs is 3. The number of amides is 1. The van der Waals surface area contributed by atoms with Gasteiger partial charge in [0.1, 0.15) is 5.52 Å². The van der Waals surface area contributed by atoms with E-state index in [9.17, 15) is 13.2 Å². The summed E-state index contributed by atoms with van der Waals surface area (Å²) >= 11 is 1.25. The molecule has 1 unspecified atom stereocenters. The summed E-state index contributed by atoms with van der Waals surface area (Å²) in [5.41, 5.74) is 3.55. The predicted molar refractivity (Wildman–Crippen MR) is 142 cm³/mol. The molecule has 1 atom stereocenters. The molecule has 0 bridgehead atoms. The van der Waals surface area contributed by atoms with Gasteiger partial charge in [0.25, 0.3) is 0 Å². The minimum absolute atomic E-state index is 0.124. The molecular weight excluding hydrogens is 496 g/mol. The van der Waals surface area contributed by atoms with Crippen LogP contribution in [0.2, 0.25) is 0 Å². The average Bonchev–Trinajstić information content (AvgIpc) is 3.24. The van der Waals surface area contributed by atoms with Gasteiger partial charge in [-0.15, -0.1) is 10.2 Å². The molecule has 1 aliphatic rings. The Morgan fingerprint density at radius 2 is 1.94 bits per heavy atom. The molecule has 2 aromatic carbocycles. The van der Waals surface area contributed by atoms with Gasteiger partial charge in [0.05, 0.1) is 10.1 Å². The number of H-pyrrole nitrogens is 1. The molecule has 0 spiro atoms. The number of sulfonamides is 1. The Bertz CT molecular complexity index is 1530. The molecule has 0 aliphatic carbocycles. The predicted octanol–water partition coefficient (Wildman–Crippen LogP) is 4.50. The van der Waals surface area contributed by atoms with Crippen LogP contribution in [0.15, 0.2) is 52.5 Å². The van der Waals surface area contributed by atoms with Gasteiger partial charge in [-0.1, -0.05) is 37.2 Å². The Morgan fingerprint density at radius 1 is 1.14 bits per heavy atom. The van der Waals surface area contributed by atoms with E-state index in [4.69, 9.17) is 0 Å².